The van der Waals surface area contributed by atoms with Crippen molar-refractivity contribution in [3.63, 3.8) is 0 Å². The summed E-state index contributed by atoms with van der Waals surface area (Å²) in [5.74, 6) is -0.829. The van der Waals surface area contributed by atoms with Crippen LogP contribution in [0.15, 0.2) is 60.3 Å². The molecule has 0 aliphatic carbocycles. The van der Waals surface area contributed by atoms with E-state index in [9.17, 15) is 14.9 Å². The monoisotopic (exact) mass is 375 g/mol. The van der Waals surface area contributed by atoms with Crippen molar-refractivity contribution in [2.45, 2.75) is 19.8 Å². The molecule has 3 rings (SSSR count). The van der Waals surface area contributed by atoms with Crippen LogP contribution in [-0.2, 0) is 16.0 Å². The number of anilines is 2. The largest absolute Gasteiger partial charge is 0.462 e. The number of amides is 1. The van der Waals surface area contributed by atoms with E-state index in [2.05, 4.69) is 5.32 Å². The van der Waals surface area contributed by atoms with Crippen molar-refractivity contribution >= 4 is 23.3 Å². The summed E-state index contributed by atoms with van der Waals surface area (Å²) in [6, 6.07) is 16.5. The van der Waals surface area contributed by atoms with Gasteiger partial charge in [-0.15, -0.1) is 0 Å². The second kappa shape index (κ2) is 8.87. The van der Waals surface area contributed by atoms with Crippen molar-refractivity contribution < 1.29 is 14.3 Å². The van der Waals surface area contributed by atoms with Crippen LogP contribution in [0.1, 0.15) is 29.3 Å². The van der Waals surface area contributed by atoms with E-state index in [4.69, 9.17) is 4.74 Å². The van der Waals surface area contributed by atoms with Gasteiger partial charge in [-0.1, -0.05) is 30.3 Å². The zero-order valence-electron chi connectivity index (χ0n) is 15.6. The summed E-state index contributed by atoms with van der Waals surface area (Å²) in [6.07, 6.45) is 3.11. The van der Waals surface area contributed by atoms with Gasteiger partial charge in [0.1, 0.15) is 11.6 Å². The van der Waals surface area contributed by atoms with E-state index in [1.165, 1.54) is 6.20 Å². The molecule has 0 bridgehead atoms. The van der Waals surface area contributed by atoms with Crippen LogP contribution in [0.3, 0.4) is 0 Å². The lowest BCUT2D eigenvalue weighted by atomic mass is 10.0. The molecule has 1 aliphatic rings. The number of fused-ring (bicyclic) bond motifs is 1. The van der Waals surface area contributed by atoms with Gasteiger partial charge in [-0.3, -0.25) is 4.79 Å². The van der Waals surface area contributed by atoms with Crippen LogP contribution in [0.5, 0.6) is 0 Å². The maximum absolute atomic E-state index is 12.9. The molecule has 0 atom stereocenters. The van der Waals surface area contributed by atoms with Gasteiger partial charge in [-0.2, -0.15) is 5.26 Å². The topological polar surface area (TPSA) is 82.4 Å². The Kier molecular flexibility index (Phi) is 6.07. The van der Waals surface area contributed by atoms with Gasteiger partial charge in [0.2, 0.25) is 0 Å². The van der Waals surface area contributed by atoms with Crippen LogP contribution in [0.4, 0.5) is 11.4 Å². The van der Waals surface area contributed by atoms with E-state index >= 15 is 0 Å². The fourth-order valence-corrected chi connectivity index (χ4v) is 3.18. The van der Waals surface area contributed by atoms with E-state index in [-0.39, 0.29) is 18.1 Å². The quantitative estimate of drug-likeness (QED) is 0.490. The highest BCUT2D eigenvalue weighted by Crippen LogP contribution is 2.28. The molecule has 6 heteroatoms. The Morgan fingerprint density at radius 3 is 2.75 bits per heavy atom. The van der Waals surface area contributed by atoms with Crippen LogP contribution < -0.4 is 10.2 Å². The Morgan fingerprint density at radius 1 is 1.21 bits per heavy atom. The molecule has 0 unspecified atom stereocenters. The number of rotatable bonds is 5. The third-order valence-electron chi connectivity index (χ3n) is 4.50. The van der Waals surface area contributed by atoms with Crippen molar-refractivity contribution in [3.05, 3.63) is 71.4 Å². The molecule has 1 aliphatic heterocycles. The van der Waals surface area contributed by atoms with E-state index in [1.807, 2.05) is 30.3 Å². The number of nitriles is 1. The minimum absolute atomic E-state index is 0.0321. The average molecular weight is 375 g/mol. The molecule has 0 spiro atoms. The Bertz CT molecular complexity index is 959. The minimum atomic E-state index is -0.464. The molecule has 2 aromatic carbocycles. The maximum Gasteiger partial charge on any atom is 0.340 e. The number of carbonyl (C=O) groups is 2. The smallest absolute Gasteiger partial charge is 0.340 e. The van der Waals surface area contributed by atoms with Gasteiger partial charge in [0, 0.05) is 18.4 Å². The Morgan fingerprint density at radius 2 is 1.96 bits per heavy atom. The number of ether oxygens (including phenoxy) is 1. The van der Waals surface area contributed by atoms with Gasteiger partial charge >= 0.3 is 5.97 Å². The minimum Gasteiger partial charge on any atom is -0.462 e. The molecular formula is C22H21N3O3. The van der Waals surface area contributed by atoms with Crippen LogP contribution >= 0.6 is 0 Å². The van der Waals surface area contributed by atoms with Crippen LogP contribution in [0.2, 0.25) is 0 Å². The molecule has 0 aromatic heterocycles. The first-order valence-electron chi connectivity index (χ1n) is 9.18. The maximum atomic E-state index is 12.9. The van der Waals surface area contributed by atoms with Gasteiger partial charge in [-0.05, 0) is 43.5 Å². The molecule has 0 fully saturated rings. The summed E-state index contributed by atoms with van der Waals surface area (Å²) < 4.78 is 5.04. The summed E-state index contributed by atoms with van der Waals surface area (Å²) in [4.78, 5) is 26.6. The number of para-hydroxylation sites is 2. The first kappa shape index (κ1) is 19.2. The molecule has 1 heterocycles. The molecule has 1 amide bonds. The highest BCUT2D eigenvalue weighted by molar-refractivity contribution is 6.09. The lowest BCUT2D eigenvalue weighted by Crippen LogP contribution is -2.36. The van der Waals surface area contributed by atoms with Gasteiger partial charge in [-0.25, -0.2) is 4.79 Å². The number of hydrogen-bond donors (Lipinski definition) is 1. The first-order valence-corrected chi connectivity index (χ1v) is 9.18. The summed E-state index contributed by atoms with van der Waals surface area (Å²) in [7, 11) is 0. The van der Waals surface area contributed by atoms with Crippen molar-refractivity contribution in [1.82, 2.24) is 0 Å². The summed E-state index contributed by atoms with van der Waals surface area (Å²) in [5, 5.41) is 12.4. The summed E-state index contributed by atoms with van der Waals surface area (Å²) >= 11 is 0. The fourth-order valence-electron chi connectivity index (χ4n) is 3.18. The standard InChI is InChI=1S/C22H21N3O3/c1-2-28-22(27)18-10-4-5-11-19(18)24-15-17(14-23)21(26)25-13-7-9-16-8-3-6-12-20(16)25/h3-6,8,10-12,15,24H,2,7,9,13H2,1H3/b17-15-. The molecular weight excluding hydrogens is 354 g/mol. The number of esters is 1. The van der Waals surface area contributed by atoms with Crippen molar-refractivity contribution in [2.75, 3.05) is 23.4 Å². The highest BCUT2D eigenvalue weighted by Gasteiger charge is 2.25. The Hall–Kier alpha value is -3.59. The molecule has 1 N–H and O–H groups in total. The molecule has 0 radical (unpaired) electrons. The second-order valence-electron chi connectivity index (χ2n) is 6.27. The molecule has 2 aromatic rings. The third kappa shape index (κ3) is 4.04. The normalized spacial score (nSPS) is 13.3. The SMILES string of the molecule is CCOC(=O)c1ccccc1N/C=C(/C#N)C(=O)N1CCCc2ccccc21. The van der Waals surface area contributed by atoms with E-state index in [1.54, 1.807) is 36.1 Å². The lowest BCUT2D eigenvalue weighted by Gasteiger charge is -2.29. The van der Waals surface area contributed by atoms with E-state index in [0.29, 0.717) is 17.8 Å². The van der Waals surface area contributed by atoms with Crippen molar-refractivity contribution in [1.29, 1.82) is 5.26 Å². The number of nitrogens with one attached hydrogen (secondary N) is 1. The van der Waals surface area contributed by atoms with Crippen molar-refractivity contribution in [3.8, 4) is 6.07 Å². The van der Waals surface area contributed by atoms with Gasteiger partial charge in [0.15, 0.2) is 0 Å². The van der Waals surface area contributed by atoms with E-state index < -0.39 is 5.97 Å². The predicted octanol–water partition coefficient (Wildman–Crippen LogP) is 3.66. The predicted molar refractivity (Wildman–Crippen MR) is 107 cm³/mol. The average Bonchev–Trinajstić information content (AvgIpc) is 2.74. The second-order valence-corrected chi connectivity index (χ2v) is 6.27. The highest BCUT2D eigenvalue weighted by atomic mass is 16.5. The molecule has 28 heavy (non-hydrogen) atoms. The van der Waals surface area contributed by atoms with Crippen LogP contribution in [0.25, 0.3) is 0 Å². The number of aryl methyl sites for hydroxylation is 1. The fraction of sp³-hybridized carbons (Fsp3) is 0.227. The van der Waals surface area contributed by atoms with Crippen LogP contribution in [-0.4, -0.2) is 25.0 Å². The van der Waals surface area contributed by atoms with Gasteiger partial charge in [0.05, 0.1) is 17.9 Å². The number of hydrogen-bond acceptors (Lipinski definition) is 5. The number of benzene rings is 2. The summed E-state index contributed by atoms with van der Waals surface area (Å²) in [6.45, 7) is 2.56. The molecule has 6 nitrogen and oxygen atoms in total. The van der Waals surface area contributed by atoms with E-state index in [0.717, 1.165) is 24.1 Å². The molecule has 142 valence electrons. The summed E-state index contributed by atoms with van der Waals surface area (Å²) in [5.41, 5.74) is 2.72. The zero-order chi connectivity index (χ0) is 19.9. The van der Waals surface area contributed by atoms with Gasteiger partial charge < -0.3 is 15.0 Å². The van der Waals surface area contributed by atoms with Crippen LogP contribution in [0, 0.1) is 11.3 Å². The first-order chi connectivity index (χ1) is 13.7. The molecule has 0 saturated heterocycles. The van der Waals surface area contributed by atoms with Gasteiger partial charge in [0.25, 0.3) is 5.91 Å². The zero-order valence-corrected chi connectivity index (χ0v) is 15.6. The lowest BCUT2D eigenvalue weighted by molar-refractivity contribution is -0.114. The Labute approximate surface area is 164 Å². The number of nitrogens with zero attached hydrogens (tertiary/aromatic N) is 2. The Balaban J connectivity index is 1.84. The third-order valence-corrected chi connectivity index (χ3v) is 4.50. The number of carbonyl (C=O) groups excluding carboxylic acids is 2. The molecule has 0 saturated carbocycles. The van der Waals surface area contributed by atoms with Crippen molar-refractivity contribution in [2.24, 2.45) is 0 Å².